The molecule has 0 bridgehead atoms. The number of carbonyl (C=O) groups excluding carboxylic acids is 1. The number of pyridine rings is 1. The van der Waals surface area contributed by atoms with Crippen LogP contribution in [0.4, 0.5) is 0 Å². The Morgan fingerprint density at radius 2 is 1.88 bits per heavy atom. The second kappa shape index (κ2) is 7.60. The second-order valence-corrected chi connectivity index (χ2v) is 6.83. The second-order valence-electron chi connectivity index (χ2n) is 6.83. The third kappa shape index (κ3) is 3.87. The molecule has 2 aromatic heterocycles. The van der Waals surface area contributed by atoms with Gasteiger partial charge in [0.15, 0.2) is 0 Å². The smallest absolute Gasteiger partial charge is 0.240 e. The fourth-order valence-corrected chi connectivity index (χ4v) is 3.62. The van der Waals surface area contributed by atoms with Gasteiger partial charge in [-0.1, -0.05) is 24.3 Å². The monoisotopic (exact) mass is 349 g/mol. The van der Waals surface area contributed by atoms with Gasteiger partial charge in [0, 0.05) is 30.0 Å². The van der Waals surface area contributed by atoms with Gasteiger partial charge in [-0.3, -0.25) is 4.79 Å². The van der Waals surface area contributed by atoms with Crippen molar-refractivity contribution in [2.75, 3.05) is 0 Å². The van der Waals surface area contributed by atoms with E-state index in [1.54, 1.807) is 6.20 Å². The van der Waals surface area contributed by atoms with E-state index in [1.807, 2.05) is 53.2 Å². The maximum atomic E-state index is 12.4. The van der Waals surface area contributed by atoms with Gasteiger partial charge >= 0.3 is 0 Å². The number of rotatable bonds is 5. The highest BCUT2D eigenvalue weighted by atomic mass is 16.5. The highest BCUT2D eigenvalue weighted by Crippen LogP contribution is 2.23. The van der Waals surface area contributed by atoms with Gasteiger partial charge in [-0.05, 0) is 49.3 Å². The Balaban J connectivity index is 1.27. The van der Waals surface area contributed by atoms with Crippen LogP contribution in [-0.2, 0) is 11.3 Å². The van der Waals surface area contributed by atoms with E-state index >= 15 is 0 Å². The molecule has 1 amide bonds. The molecule has 0 radical (unpaired) electrons. The van der Waals surface area contributed by atoms with Crippen LogP contribution in [0, 0.1) is 0 Å². The van der Waals surface area contributed by atoms with Gasteiger partial charge in [0.05, 0.1) is 0 Å². The first-order chi connectivity index (χ1) is 12.8. The summed E-state index contributed by atoms with van der Waals surface area (Å²) in [4.78, 5) is 16.6. The SMILES string of the molecule is O=C(Cn1ccc2ccccc21)NC1CCC(Oc2ccccn2)CC1. The molecule has 2 heterocycles. The average Bonchev–Trinajstić information content (AvgIpc) is 3.07. The number of para-hydroxylation sites is 1. The van der Waals surface area contributed by atoms with Gasteiger partial charge < -0.3 is 14.6 Å². The molecular formula is C21H23N3O2. The van der Waals surface area contributed by atoms with Crippen molar-refractivity contribution in [1.82, 2.24) is 14.9 Å². The Kier molecular flexibility index (Phi) is 4.86. The fourth-order valence-electron chi connectivity index (χ4n) is 3.62. The van der Waals surface area contributed by atoms with E-state index in [1.165, 1.54) is 0 Å². The third-order valence-electron chi connectivity index (χ3n) is 4.96. The first-order valence-corrected chi connectivity index (χ1v) is 9.19. The number of carbonyl (C=O) groups is 1. The number of hydrogen-bond donors (Lipinski definition) is 1. The van der Waals surface area contributed by atoms with Crippen LogP contribution >= 0.6 is 0 Å². The topological polar surface area (TPSA) is 56.2 Å². The molecule has 1 aliphatic carbocycles. The number of fused-ring (bicyclic) bond motifs is 1. The summed E-state index contributed by atoms with van der Waals surface area (Å²) < 4.78 is 7.91. The Morgan fingerprint density at radius 3 is 2.69 bits per heavy atom. The molecule has 0 unspecified atom stereocenters. The van der Waals surface area contributed by atoms with Crippen LogP contribution in [0.2, 0.25) is 0 Å². The van der Waals surface area contributed by atoms with Crippen LogP contribution < -0.4 is 10.1 Å². The molecule has 1 saturated carbocycles. The minimum absolute atomic E-state index is 0.0699. The predicted octanol–water partition coefficient (Wildman–Crippen LogP) is 3.54. The van der Waals surface area contributed by atoms with Crippen molar-refractivity contribution in [2.45, 2.75) is 44.4 Å². The summed E-state index contributed by atoms with van der Waals surface area (Å²) in [5.74, 6) is 0.750. The molecular weight excluding hydrogens is 326 g/mol. The number of amides is 1. The minimum Gasteiger partial charge on any atom is -0.474 e. The molecule has 1 aromatic carbocycles. The van der Waals surface area contributed by atoms with Crippen LogP contribution in [0.1, 0.15) is 25.7 Å². The van der Waals surface area contributed by atoms with E-state index < -0.39 is 0 Å². The summed E-state index contributed by atoms with van der Waals surface area (Å²) in [6.07, 6.45) is 7.66. The predicted molar refractivity (Wildman–Crippen MR) is 101 cm³/mol. The van der Waals surface area contributed by atoms with Crippen molar-refractivity contribution in [1.29, 1.82) is 0 Å². The highest BCUT2D eigenvalue weighted by Gasteiger charge is 2.24. The van der Waals surface area contributed by atoms with Crippen LogP contribution in [-0.4, -0.2) is 27.6 Å². The van der Waals surface area contributed by atoms with E-state index in [4.69, 9.17) is 4.74 Å². The number of nitrogens with one attached hydrogen (secondary N) is 1. The molecule has 0 atom stereocenters. The summed E-state index contributed by atoms with van der Waals surface area (Å²) in [5.41, 5.74) is 1.09. The standard InChI is InChI=1S/C21H23N3O2/c25-20(15-24-14-12-16-5-1-2-6-19(16)24)23-17-8-10-18(11-9-17)26-21-7-3-4-13-22-21/h1-7,12-14,17-18H,8-11,15H2,(H,23,25). The molecule has 0 saturated heterocycles. The van der Waals surface area contributed by atoms with Gasteiger partial charge in [0.25, 0.3) is 0 Å². The fraction of sp³-hybridized carbons (Fsp3) is 0.333. The Morgan fingerprint density at radius 1 is 1.08 bits per heavy atom. The lowest BCUT2D eigenvalue weighted by atomic mass is 9.93. The van der Waals surface area contributed by atoms with Crippen molar-refractivity contribution >= 4 is 16.8 Å². The molecule has 1 aliphatic rings. The summed E-state index contributed by atoms with van der Waals surface area (Å²) in [6.45, 7) is 0.359. The van der Waals surface area contributed by atoms with Crippen LogP contribution in [0.5, 0.6) is 5.88 Å². The maximum absolute atomic E-state index is 12.4. The number of hydrogen-bond acceptors (Lipinski definition) is 3. The van der Waals surface area contributed by atoms with Gasteiger partial charge in [0.2, 0.25) is 11.8 Å². The van der Waals surface area contributed by atoms with Crippen molar-refractivity contribution in [3.05, 3.63) is 60.9 Å². The van der Waals surface area contributed by atoms with Gasteiger partial charge in [-0.2, -0.15) is 0 Å². The highest BCUT2D eigenvalue weighted by molar-refractivity contribution is 5.83. The molecule has 0 aliphatic heterocycles. The number of ether oxygens (including phenoxy) is 1. The summed E-state index contributed by atoms with van der Waals surface area (Å²) >= 11 is 0. The van der Waals surface area contributed by atoms with E-state index in [9.17, 15) is 4.79 Å². The Hall–Kier alpha value is -2.82. The lowest BCUT2D eigenvalue weighted by Crippen LogP contribution is -2.41. The van der Waals surface area contributed by atoms with Gasteiger partial charge in [0.1, 0.15) is 12.6 Å². The van der Waals surface area contributed by atoms with Crippen LogP contribution in [0.25, 0.3) is 10.9 Å². The summed E-state index contributed by atoms with van der Waals surface area (Å²) in [6, 6.07) is 16.1. The average molecular weight is 349 g/mol. The van der Waals surface area contributed by atoms with Crippen molar-refractivity contribution in [3.8, 4) is 5.88 Å². The molecule has 134 valence electrons. The molecule has 3 aromatic rings. The summed E-state index contributed by atoms with van der Waals surface area (Å²) in [7, 11) is 0. The van der Waals surface area contributed by atoms with Crippen molar-refractivity contribution < 1.29 is 9.53 Å². The number of benzene rings is 1. The maximum Gasteiger partial charge on any atom is 0.240 e. The number of aromatic nitrogens is 2. The van der Waals surface area contributed by atoms with E-state index in [0.717, 1.165) is 36.6 Å². The molecule has 1 fully saturated rings. The minimum atomic E-state index is 0.0699. The van der Waals surface area contributed by atoms with E-state index in [2.05, 4.69) is 16.4 Å². The third-order valence-corrected chi connectivity index (χ3v) is 4.96. The zero-order valence-electron chi connectivity index (χ0n) is 14.7. The van der Waals surface area contributed by atoms with Gasteiger partial charge in [-0.15, -0.1) is 0 Å². The number of nitrogens with zero attached hydrogens (tertiary/aromatic N) is 2. The van der Waals surface area contributed by atoms with Crippen LogP contribution in [0.3, 0.4) is 0 Å². The molecule has 4 rings (SSSR count). The molecule has 5 nitrogen and oxygen atoms in total. The summed E-state index contributed by atoms with van der Waals surface area (Å²) in [5, 5.41) is 4.34. The van der Waals surface area contributed by atoms with Crippen molar-refractivity contribution in [2.24, 2.45) is 0 Å². The van der Waals surface area contributed by atoms with Gasteiger partial charge in [-0.25, -0.2) is 4.98 Å². The van der Waals surface area contributed by atoms with Crippen LogP contribution in [0.15, 0.2) is 60.9 Å². The normalized spacial score (nSPS) is 20.0. The zero-order valence-corrected chi connectivity index (χ0v) is 14.7. The van der Waals surface area contributed by atoms with E-state index in [0.29, 0.717) is 12.4 Å². The van der Waals surface area contributed by atoms with Crippen molar-refractivity contribution in [3.63, 3.8) is 0 Å². The zero-order chi connectivity index (χ0) is 17.8. The quantitative estimate of drug-likeness (QED) is 0.766. The lowest BCUT2D eigenvalue weighted by molar-refractivity contribution is -0.122. The molecule has 0 spiro atoms. The lowest BCUT2D eigenvalue weighted by Gasteiger charge is -2.29. The molecule has 1 N–H and O–H groups in total. The Labute approximate surface area is 153 Å². The Bertz CT molecular complexity index is 867. The first kappa shape index (κ1) is 16.6. The molecule has 5 heteroatoms. The van der Waals surface area contributed by atoms with E-state index in [-0.39, 0.29) is 18.1 Å². The molecule has 26 heavy (non-hydrogen) atoms. The first-order valence-electron chi connectivity index (χ1n) is 9.19. The largest absolute Gasteiger partial charge is 0.474 e.